The van der Waals surface area contributed by atoms with E-state index >= 15 is 0 Å². The Morgan fingerprint density at radius 2 is 1.96 bits per heavy atom. The van der Waals surface area contributed by atoms with Crippen LogP contribution in [0.3, 0.4) is 0 Å². The highest BCUT2D eigenvalue weighted by atomic mass is 32.1. The third kappa shape index (κ3) is 3.64. The van der Waals surface area contributed by atoms with E-state index in [0.717, 1.165) is 27.5 Å². The van der Waals surface area contributed by atoms with E-state index in [2.05, 4.69) is 4.98 Å². The van der Waals surface area contributed by atoms with Crippen LogP contribution < -0.4 is 4.74 Å². The zero-order chi connectivity index (χ0) is 19.5. The van der Waals surface area contributed by atoms with Crippen molar-refractivity contribution in [1.82, 2.24) is 14.3 Å². The van der Waals surface area contributed by atoms with Gasteiger partial charge in [0.25, 0.3) is 5.91 Å². The Hall–Kier alpha value is -3.12. The quantitative estimate of drug-likeness (QED) is 0.484. The predicted octanol–water partition coefficient (Wildman–Crippen LogP) is 4.56. The highest BCUT2D eigenvalue weighted by molar-refractivity contribution is 7.09. The fourth-order valence-electron chi connectivity index (χ4n) is 3.24. The number of ether oxygens (including phenoxy) is 1. The summed E-state index contributed by atoms with van der Waals surface area (Å²) in [6.45, 7) is 2.98. The molecule has 0 aliphatic heterocycles. The zero-order valence-electron chi connectivity index (χ0n) is 15.8. The molecule has 0 bridgehead atoms. The molecule has 0 N–H and O–H groups in total. The van der Waals surface area contributed by atoms with Crippen LogP contribution >= 0.6 is 11.3 Å². The molecule has 0 spiro atoms. The van der Waals surface area contributed by atoms with Crippen LogP contribution in [0.15, 0.2) is 66.2 Å². The van der Waals surface area contributed by atoms with Crippen molar-refractivity contribution in [3.63, 3.8) is 0 Å². The Bertz CT molecular complexity index is 1100. The van der Waals surface area contributed by atoms with Gasteiger partial charge in [0.1, 0.15) is 17.1 Å². The minimum atomic E-state index is -0.0950. The number of carbonyl (C=O) groups excluding carboxylic acids is 1. The highest BCUT2D eigenvalue weighted by Gasteiger charge is 2.21. The predicted molar refractivity (Wildman–Crippen MR) is 111 cm³/mol. The van der Waals surface area contributed by atoms with E-state index in [0.29, 0.717) is 18.8 Å². The molecule has 5 nitrogen and oxygen atoms in total. The first kappa shape index (κ1) is 18.3. The first-order valence-electron chi connectivity index (χ1n) is 9.04. The van der Waals surface area contributed by atoms with Crippen LogP contribution in [0.4, 0.5) is 0 Å². The summed E-state index contributed by atoms with van der Waals surface area (Å²) in [5.41, 5.74) is 3.23. The van der Waals surface area contributed by atoms with Gasteiger partial charge >= 0.3 is 0 Å². The second-order valence-electron chi connectivity index (χ2n) is 6.57. The summed E-state index contributed by atoms with van der Waals surface area (Å²) in [4.78, 5) is 20.9. The molecule has 0 radical (unpaired) electrons. The molecule has 28 heavy (non-hydrogen) atoms. The van der Waals surface area contributed by atoms with E-state index in [9.17, 15) is 4.79 Å². The number of aromatic nitrogens is 2. The van der Waals surface area contributed by atoms with E-state index < -0.39 is 0 Å². The van der Waals surface area contributed by atoms with Gasteiger partial charge in [0.05, 0.1) is 20.2 Å². The Morgan fingerprint density at radius 3 is 2.71 bits per heavy atom. The Kier molecular flexibility index (Phi) is 5.12. The van der Waals surface area contributed by atoms with Crippen molar-refractivity contribution in [1.29, 1.82) is 0 Å². The lowest BCUT2D eigenvalue weighted by atomic mass is 10.1. The largest absolute Gasteiger partial charge is 0.496 e. The third-order valence-electron chi connectivity index (χ3n) is 4.68. The van der Waals surface area contributed by atoms with Crippen molar-refractivity contribution in [2.24, 2.45) is 0 Å². The molecule has 0 aliphatic carbocycles. The monoisotopic (exact) mass is 391 g/mol. The first-order chi connectivity index (χ1) is 13.7. The summed E-state index contributed by atoms with van der Waals surface area (Å²) in [5, 5.41) is 2.02. The number of pyridine rings is 1. The van der Waals surface area contributed by atoms with Gasteiger partial charge in [0.15, 0.2) is 0 Å². The maximum Gasteiger partial charge on any atom is 0.274 e. The lowest BCUT2D eigenvalue weighted by molar-refractivity contribution is 0.0725. The summed E-state index contributed by atoms with van der Waals surface area (Å²) in [5.74, 6) is 0.680. The number of benzene rings is 1. The summed E-state index contributed by atoms with van der Waals surface area (Å²) >= 11 is 1.64. The molecular formula is C22H21N3O2S. The number of aryl methyl sites for hydroxylation is 1. The molecule has 4 rings (SSSR count). The van der Waals surface area contributed by atoms with Crippen LogP contribution in [0.25, 0.3) is 5.65 Å². The molecule has 0 atom stereocenters. The van der Waals surface area contributed by atoms with Gasteiger partial charge in [0.2, 0.25) is 0 Å². The number of thiophene rings is 1. The smallest absolute Gasteiger partial charge is 0.274 e. The standard InChI is InChI=1S/C22H21N3O2S/c1-16-7-5-11-21-23-19(15-25(16)21)22(26)24(14-18-9-6-12-28-18)13-17-8-3-4-10-20(17)27-2/h3-12,15H,13-14H2,1-2H3. The Balaban J connectivity index is 1.69. The second-order valence-corrected chi connectivity index (χ2v) is 7.61. The van der Waals surface area contributed by atoms with Crippen molar-refractivity contribution in [3.05, 3.63) is 88.0 Å². The fourth-order valence-corrected chi connectivity index (χ4v) is 3.96. The zero-order valence-corrected chi connectivity index (χ0v) is 16.6. The Labute approximate surface area is 167 Å². The van der Waals surface area contributed by atoms with Crippen molar-refractivity contribution < 1.29 is 9.53 Å². The number of nitrogens with zero attached hydrogens (tertiary/aromatic N) is 3. The maximum absolute atomic E-state index is 13.4. The molecule has 0 unspecified atom stereocenters. The van der Waals surface area contributed by atoms with Crippen molar-refractivity contribution in [2.75, 3.05) is 7.11 Å². The van der Waals surface area contributed by atoms with Crippen LogP contribution in [0.2, 0.25) is 0 Å². The number of carbonyl (C=O) groups is 1. The first-order valence-corrected chi connectivity index (χ1v) is 9.92. The summed E-state index contributed by atoms with van der Waals surface area (Å²) in [6, 6.07) is 17.7. The fraction of sp³-hybridized carbons (Fsp3) is 0.182. The van der Waals surface area contributed by atoms with Crippen LogP contribution in [-0.2, 0) is 13.1 Å². The van der Waals surface area contributed by atoms with Crippen molar-refractivity contribution >= 4 is 22.9 Å². The van der Waals surface area contributed by atoms with E-state index in [4.69, 9.17) is 4.74 Å². The second kappa shape index (κ2) is 7.86. The van der Waals surface area contributed by atoms with Crippen molar-refractivity contribution in [2.45, 2.75) is 20.0 Å². The number of rotatable bonds is 6. The maximum atomic E-state index is 13.4. The Morgan fingerprint density at radius 1 is 1.11 bits per heavy atom. The number of para-hydroxylation sites is 1. The molecule has 3 heterocycles. The number of amides is 1. The molecule has 3 aromatic heterocycles. The van der Waals surface area contributed by atoms with Gasteiger partial charge in [-0.2, -0.15) is 0 Å². The summed E-state index contributed by atoms with van der Waals surface area (Å²) < 4.78 is 7.42. The van der Waals surface area contributed by atoms with Gasteiger partial charge in [-0.05, 0) is 36.6 Å². The van der Waals surface area contributed by atoms with Crippen LogP contribution in [0.1, 0.15) is 26.6 Å². The molecule has 1 amide bonds. The molecule has 142 valence electrons. The van der Waals surface area contributed by atoms with E-state index in [1.807, 2.05) is 82.4 Å². The topological polar surface area (TPSA) is 46.8 Å². The molecule has 0 fully saturated rings. The third-order valence-corrected chi connectivity index (χ3v) is 5.54. The number of methoxy groups -OCH3 is 1. The average molecular weight is 391 g/mol. The minimum Gasteiger partial charge on any atom is -0.496 e. The van der Waals surface area contributed by atoms with Crippen molar-refractivity contribution in [3.8, 4) is 5.75 Å². The molecule has 6 heteroatoms. The van der Waals surface area contributed by atoms with Crippen LogP contribution in [0, 0.1) is 6.92 Å². The van der Waals surface area contributed by atoms with Gasteiger partial charge in [-0.15, -0.1) is 11.3 Å². The number of imidazole rings is 1. The minimum absolute atomic E-state index is 0.0950. The van der Waals surface area contributed by atoms with E-state index in [-0.39, 0.29) is 5.91 Å². The van der Waals surface area contributed by atoms with Crippen LogP contribution in [-0.4, -0.2) is 27.3 Å². The molecule has 0 saturated carbocycles. The molecular weight excluding hydrogens is 370 g/mol. The lowest BCUT2D eigenvalue weighted by Gasteiger charge is -2.22. The van der Waals surface area contributed by atoms with Gasteiger partial charge in [-0.3, -0.25) is 4.79 Å². The number of hydrogen-bond acceptors (Lipinski definition) is 4. The lowest BCUT2D eigenvalue weighted by Crippen LogP contribution is -2.30. The number of fused-ring (bicyclic) bond motifs is 1. The van der Waals surface area contributed by atoms with Gasteiger partial charge in [-0.1, -0.05) is 30.3 Å². The normalized spacial score (nSPS) is 10.9. The number of hydrogen-bond donors (Lipinski definition) is 0. The van der Waals surface area contributed by atoms with Crippen LogP contribution in [0.5, 0.6) is 5.75 Å². The molecule has 0 saturated heterocycles. The summed E-state index contributed by atoms with van der Waals surface area (Å²) in [7, 11) is 1.65. The highest BCUT2D eigenvalue weighted by Crippen LogP contribution is 2.23. The molecule has 0 aliphatic rings. The van der Waals surface area contributed by atoms with Gasteiger partial charge in [0, 0.05) is 22.3 Å². The molecule has 4 aromatic rings. The van der Waals surface area contributed by atoms with E-state index in [1.165, 1.54) is 0 Å². The summed E-state index contributed by atoms with van der Waals surface area (Å²) in [6.07, 6.45) is 1.82. The van der Waals surface area contributed by atoms with Gasteiger partial charge in [-0.25, -0.2) is 4.98 Å². The SMILES string of the molecule is COc1ccccc1CN(Cc1cccs1)C(=O)c1cn2c(C)cccc2n1. The average Bonchev–Trinajstić information content (AvgIpc) is 3.37. The van der Waals surface area contributed by atoms with E-state index in [1.54, 1.807) is 18.4 Å². The molecule has 1 aromatic carbocycles. The van der Waals surface area contributed by atoms with Gasteiger partial charge < -0.3 is 14.0 Å².